The second-order valence-electron chi connectivity index (χ2n) is 7.48. The molecule has 0 saturated heterocycles. The van der Waals surface area contributed by atoms with Crippen LogP contribution in [0.5, 0.6) is 0 Å². The summed E-state index contributed by atoms with van der Waals surface area (Å²) >= 11 is 1.55. The van der Waals surface area contributed by atoms with Crippen molar-refractivity contribution in [2.75, 3.05) is 0 Å². The summed E-state index contributed by atoms with van der Waals surface area (Å²) in [5.41, 5.74) is 3.30. The van der Waals surface area contributed by atoms with Gasteiger partial charge in [-0.15, -0.1) is 11.3 Å². The Morgan fingerprint density at radius 2 is 1.67 bits per heavy atom. The average Bonchev–Trinajstić information content (AvgIpc) is 3.09. The van der Waals surface area contributed by atoms with Crippen LogP contribution in [0.15, 0.2) is 53.9 Å². The van der Waals surface area contributed by atoms with Gasteiger partial charge in [0.05, 0.1) is 11.6 Å². The topological polar surface area (TPSA) is 78.4 Å². The Labute approximate surface area is 162 Å². The summed E-state index contributed by atoms with van der Waals surface area (Å²) in [6, 6.07) is 14.5. The average molecular weight is 382 g/mol. The van der Waals surface area contributed by atoms with E-state index in [0.29, 0.717) is 11.1 Å². The van der Waals surface area contributed by atoms with Gasteiger partial charge >= 0.3 is 0 Å². The fraction of sp³-hybridized carbons (Fsp3) is 0.238. The smallest absolute Gasteiger partial charge is 0.274 e. The van der Waals surface area contributed by atoms with Gasteiger partial charge in [0.1, 0.15) is 0 Å². The van der Waals surface area contributed by atoms with Crippen LogP contribution in [0.1, 0.15) is 53.1 Å². The van der Waals surface area contributed by atoms with Crippen molar-refractivity contribution in [3.63, 3.8) is 0 Å². The molecule has 3 aromatic rings. The summed E-state index contributed by atoms with van der Waals surface area (Å²) in [6.45, 7) is 6.16. The number of benzene rings is 2. The lowest BCUT2D eigenvalue weighted by Gasteiger charge is -2.32. The third kappa shape index (κ3) is 4.02. The van der Waals surface area contributed by atoms with Crippen LogP contribution in [0.2, 0.25) is 0 Å². The number of hydroxylamine groups is 1. The van der Waals surface area contributed by atoms with Crippen LogP contribution in [0.3, 0.4) is 0 Å². The fourth-order valence-corrected chi connectivity index (χ4v) is 3.99. The van der Waals surface area contributed by atoms with Gasteiger partial charge in [-0.25, -0.2) is 5.48 Å². The number of thiophene rings is 1. The van der Waals surface area contributed by atoms with E-state index >= 15 is 0 Å². The van der Waals surface area contributed by atoms with Gasteiger partial charge in [0.2, 0.25) is 0 Å². The normalized spacial score (nSPS) is 12.6. The molecule has 2 aromatic carbocycles. The van der Waals surface area contributed by atoms with Crippen LogP contribution in [-0.2, 0) is 0 Å². The molecule has 1 atom stereocenters. The van der Waals surface area contributed by atoms with E-state index in [9.17, 15) is 9.59 Å². The molecule has 3 rings (SSSR count). The second kappa shape index (κ2) is 7.50. The summed E-state index contributed by atoms with van der Waals surface area (Å²) in [5, 5.41) is 14.7. The zero-order valence-electron chi connectivity index (χ0n) is 15.4. The van der Waals surface area contributed by atoms with Crippen LogP contribution in [0.25, 0.3) is 10.1 Å². The molecule has 1 aromatic heterocycles. The molecule has 0 radical (unpaired) electrons. The number of fused-ring (bicyclic) bond motifs is 1. The maximum absolute atomic E-state index is 13.0. The number of rotatable bonds is 4. The number of nitrogens with one attached hydrogen (secondary N) is 2. The minimum absolute atomic E-state index is 0.121. The Balaban J connectivity index is 1.90. The highest BCUT2D eigenvalue weighted by molar-refractivity contribution is 7.17. The second-order valence-corrected chi connectivity index (χ2v) is 8.39. The van der Waals surface area contributed by atoms with E-state index in [4.69, 9.17) is 5.21 Å². The minimum Gasteiger partial charge on any atom is -0.345 e. The Morgan fingerprint density at radius 3 is 2.30 bits per heavy atom. The van der Waals surface area contributed by atoms with E-state index in [0.717, 1.165) is 15.6 Å². The van der Waals surface area contributed by atoms with Crippen LogP contribution < -0.4 is 10.8 Å². The molecule has 140 valence electrons. The van der Waals surface area contributed by atoms with Crippen LogP contribution in [0.4, 0.5) is 0 Å². The van der Waals surface area contributed by atoms with Crippen molar-refractivity contribution in [2.45, 2.75) is 26.8 Å². The quantitative estimate of drug-likeness (QED) is 0.458. The summed E-state index contributed by atoms with van der Waals surface area (Å²) in [6.07, 6.45) is 0. The lowest BCUT2D eigenvalue weighted by atomic mass is 9.82. The Hall–Kier alpha value is -2.70. The van der Waals surface area contributed by atoms with E-state index < -0.39 is 5.91 Å². The number of hydrogen-bond donors (Lipinski definition) is 3. The van der Waals surface area contributed by atoms with Crippen molar-refractivity contribution >= 4 is 33.2 Å². The molecule has 0 fully saturated rings. The highest BCUT2D eigenvalue weighted by Crippen LogP contribution is 2.34. The molecule has 0 aliphatic carbocycles. The summed E-state index contributed by atoms with van der Waals surface area (Å²) in [7, 11) is 0. The van der Waals surface area contributed by atoms with Crippen molar-refractivity contribution in [1.29, 1.82) is 0 Å². The zero-order valence-corrected chi connectivity index (χ0v) is 16.3. The van der Waals surface area contributed by atoms with E-state index in [1.807, 2.05) is 29.6 Å². The number of carbonyl (C=O) groups is 2. The molecule has 2 amide bonds. The van der Waals surface area contributed by atoms with Gasteiger partial charge in [0.15, 0.2) is 0 Å². The molecular weight excluding hydrogens is 360 g/mol. The molecule has 5 nitrogen and oxygen atoms in total. The van der Waals surface area contributed by atoms with Crippen molar-refractivity contribution < 1.29 is 14.8 Å². The first-order valence-corrected chi connectivity index (χ1v) is 9.50. The minimum atomic E-state index is -0.567. The molecule has 6 heteroatoms. The van der Waals surface area contributed by atoms with Crippen molar-refractivity contribution in [3.8, 4) is 0 Å². The summed E-state index contributed by atoms with van der Waals surface area (Å²) in [5.74, 6) is -0.688. The first kappa shape index (κ1) is 19.1. The van der Waals surface area contributed by atoms with Gasteiger partial charge in [0.25, 0.3) is 11.8 Å². The Kier molecular flexibility index (Phi) is 5.30. The van der Waals surface area contributed by atoms with Crippen LogP contribution in [-0.4, -0.2) is 17.0 Å². The highest BCUT2D eigenvalue weighted by atomic mass is 32.1. The van der Waals surface area contributed by atoms with E-state index in [-0.39, 0.29) is 17.4 Å². The molecule has 0 aliphatic rings. The van der Waals surface area contributed by atoms with Crippen molar-refractivity contribution in [2.24, 2.45) is 5.41 Å². The van der Waals surface area contributed by atoms with Gasteiger partial charge in [-0.3, -0.25) is 14.8 Å². The highest BCUT2D eigenvalue weighted by Gasteiger charge is 2.29. The van der Waals surface area contributed by atoms with Gasteiger partial charge in [-0.2, -0.15) is 0 Å². The fourth-order valence-electron chi connectivity index (χ4n) is 3.05. The molecule has 1 heterocycles. The number of carbonyl (C=O) groups excluding carboxylic acids is 2. The Bertz CT molecular complexity index is 971. The molecule has 27 heavy (non-hydrogen) atoms. The number of amides is 2. The molecule has 0 saturated carbocycles. The lowest BCUT2D eigenvalue weighted by molar-refractivity contribution is 0.0706. The van der Waals surface area contributed by atoms with Gasteiger partial charge in [-0.1, -0.05) is 51.1 Å². The predicted molar refractivity (Wildman–Crippen MR) is 107 cm³/mol. The molecule has 1 unspecified atom stereocenters. The van der Waals surface area contributed by atoms with Crippen molar-refractivity contribution in [3.05, 3.63) is 70.6 Å². The lowest BCUT2D eigenvalue weighted by Crippen LogP contribution is -2.36. The summed E-state index contributed by atoms with van der Waals surface area (Å²) in [4.78, 5) is 24.5. The van der Waals surface area contributed by atoms with Crippen LogP contribution >= 0.6 is 11.3 Å². The molecule has 0 spiro atoms. The number of hydrogen-bond acceptors (Lipinski definition) is 4. The maximum atomic E-state index is 13.0. The predicted octanol–water partition coefficient (Wildman–Crippen LogP) is 4.54. The molecule has 3 N–H and O–H groups in total. The van der Waals surface area contributed by atoms with Crippen molar-refractivity contribution in [1.82, 2.24) is 10.8 Å². The molecule has 0 bridgehead atoms. The largest absolute Gasteiger partial charge is 0.345 e. The van der Waals surface area contributed by atoms with Gasteiger partial charge < -0.3 is 5.32 Å². The monoisotopic (exact) mass is 382 g/mol. The molecular formula is C21H22N2O3S. The third-order valence-corrected chi connectivity index (χ3v) is 5.44. The first-order chi connectivity index (χ1) is 12.8. The third-order valence-electron chi connectivity index (χ3n) is 4.47. The standard InChI is InChI=1S/C21H22N2O3S/c1-21(2,3)18(13-8-10-14(11-9-13)19(24)23-26)22-20(25)16-12-27-17-7-5-4-6-15(16)17/h4-12,18,26H,1-3H3,(H,22,25)(H,23,24). The SMILES string of the molecule is CC(C)(C)C(NC(=O)c1csc2ccccc12)c1ccc(C(=O)NO)cc1. The van der Waals surface area contributed by atoms with E-state index in [1.165, 1.54) is 0 Å². The zero-order chi connectivity index (χ0) is 19.6. The van der Waals surface area contributed by atoms with Gasteiger partial charge in [-0.05, 0) is 29.2 Å². The molecule has 0 aliphatic heterocycles. The van der Waals surface area contributed by atoms with E-state index in [1.54, 1.807) is 41.1 Å². The van der Waals surface area contributed by atoms with Gasteiger partial charge in [0, 0.05) is 21.0 Å². The first-order valence-electron chi connectivity index (χ1n) is 8.63. The van der Waals surface area contributed by atoms with Crippen LogP contribution in [0, 0.1) is 5.41 Å². The maximum Gasteiger partial charge on any atom is 0.274 e. The van der Waals surface area contributed by atoms with E-state index in [2.05, 4.69) is 26.1 Å². The summed E-state index contributed by atoms with van der Waals surface area (Å²) < 4.78 is 1.08. The Morgan fingerprint density at radius 1 is 1.00 bits per heavy atom.